The van der Waals surface area contributed by atoms with Crippen LogP contribution in [0.4, 0.5) is 0 Å². The highest BCUT2D eigenvalue weighted by molar-refractivity contribution is 6.36. The van der Waals surface area contributed by atoms with Gasteiger partial charge in [0.05, 0.1) is 10.5 Å². The smallest absolute Gasteiger partial charge is 0.170 e. The molecule has 0 unspecified atom stereocenters. The first-order chi connectivity index (χ1) is 10.2. The summed E-state index contributed by atoms with van der Waals surface area (Å²) in [7, 11) is 0. The Labute approximate surface area is 130 Å². The maximum absolute atomic E-state index is 6.31. The molecule has 0 atom stereocenters. The number of rotatable bonds is 1. The lowest BCUT2D eigenvalue weighted by molar-refractivity contribution is 1.12. The monoisotopic (exact) mass is 313 g/mol. The number of aromatic nitrogens is 3. The molecule has 2 aromatic carbocycles. The molecular weight excluding hydrogens is 305 g/mol. The largest absolute Gasteiger partial charge is 0.275 e. The summed E-state index contributed by atoms with van der Waals surface area (Å²) in [4.78, 5) is 0. The lowest BCUT2D eigenvalue weighted by Crippen LogP contribution is -1.92. The fourth-order valence-electron chi connectivity index (χ4n) is 2.48. The Morgan fingerprint density at radius 1 is 0.857 bits per heavy atom. The molecule has 2 heterocycles. The second kappa shape index (κ2) is 4.72. The van der Waals surface area contributed by atoms with Gasteiger partial charge in [-0.05, 0) is 41.8 Å². The van der Waals surface area contributed by atoms with Crippen molar-refractivity contribution in [3.63, 3.8) is 0 Å². The van der Waals surface area contributed by atoms with Gasteiger partial charge in [-0.1, -0.05) is 41.4 Å². The van der Waals surface area contributed by atoms with E-state index in [4.69, 9.17) is 23.2 Å². The Bertz CT molecular complexity index is 976. The van der Waals surface area contributed by atoms with Crippen molar-refractivity contribution in [3.05, 3.63) is 64.6 Å². The molecule has 0 saturated carbocycles. The van der Waals surface area contributed by atoms with E-state index in [1.54, 1.807) is 12.1 Å². The zero-order valence-electron chi connectivity index (χ0n) is 10.8. The minimum absolute atomic E-state index is 0.560. The second-order valence-electron chi connectivity index (χ2n) is 4.73. The van der Waals surface area contributed by atoms with Crippen LogP contribution >= 0.6 is 23.2 Å². The van der Waals surface area contributed by atoms with Gasteiger partial charge < -0.3 is 0 Å². The Balaban J connectivity index is 2.12. The van der Waals surface area contributed by atoms with Crippen molar-refractivity contribution in [2.24, 2.45) is 0 Å². The van der Waals surface area contributed by atoms with E-state index in [2.05, 4.69) is 16.3 Å². The number of benzene rings is 2. The van der Waals surface area contributed by atoms with E-state index in [-0.39, 0.29) is 0 Å². The number of para-hydroxylation sites is 1. The molecule has 3 nitrogen and oxygen atoms in total. The van der Waals surface area contributed by atoms with Crippen LogP contribution in [0.5, 0.6) is 0 Å². The van der Waals surface area contributed by atoms with Crippen molar-refractivity contribution in [2.45, 2.75) is 0 Å². The van der Waals surface area contributed by atoms with Gasteiger partial charge in [0.15, 0.2) is 11.5 Å². The van der Waals surface area contributed by atoms with Gasteiger partial charge in [-0.2, -0.15) is 0 Å². The number of halogens is 2. The summed E-state index contributed by atoms with van der Waals surface area (Å²) in [5, 5.41) is 10.8. The van der Waals surface area contributed by atoms with E-state index in [1.165, 1.54) is 0 Å². The number of fused-ring (bicyclic) bond motifs is 3. The summed E-state index contributed by atoms with van der Waals surface area (Å²) >= 11 is 12.3. The highest BCUT2D eigenvalue weighted by Gasteiger charge is 2.13. The molecule has 0 fully saturated rings. The molecule has 4 rings (SSSR count). The molecule has 0 aliphatic rings. The molecule has 0 aliphatic carbocycles. The van der Waals surface area contributed by atoms with Gasteiger partial charge in [-0.3, -0.25) is 4.40 Å². The van der Waals surface area contributed by atoms with Crippen molar-refractivity contribution in [1.82, 2.24) is 14.6 Å². The van der Waals surface area contributed by atoms with E-state index in [9.17, 15) is 0 Å². The maximum Gasteiger partial charge on any atom is 0.170 e. The lowest BCUT2D eigenvalue weighted by Gasteiger charge is -2.06. The van der Waals surface area contributed by atoms with Crippen molar-refractivity contribution < 1.29 is 0 Å². The fourth-order valence-corrected chi connectivity index (χ4v) is 2.98. The summed E-state index contributed by atoms with van der Waals surface area (Å²) in [6.45, 7) is 0. The summed E-state index contributed by atoms with van der Waals surface area (Å²) in [6.07, 6.45) is 0. The van der Waals surface area contributed by atoms with Gasteiger partial charge in [-0.15, -0.1) is 10.2 Å². The topological polar surface area (TPSA) is 30.2 Å². The fraction of sp³-hybridized carbons (Fsp3) is 0. The Hall–Kier alpha value is -2.10. The second-order valence-corrected chi connectivity index (χ2v) is 5.58. The average molecular weight is 314 g/mol. The Kier molecular flexibility index (Phi) is 2.84. The van der Waals surface area contributed by atoms with Crippen LogP contribution in [0.25, 0.3) is 27.9 Å². The van der Waals surface area contributed by atoms with Gasteiger partial charge in [0.1, 0.15) is 0 Å². The third kappa shape index (κ3) is 1.97. The van der Waals surface area contributed by atoms with E-state index in [0.717, 1.165) is 22.1 Å². The predicted octanol–water partition coefficient (Wildman–Crippen LogP) is 4.86. The number of hydrogen-bond donors (Lipinski definition) is 0. The van der Waals surface area contributed by atoms with Crippen LogP contribution in [0.2, 0.25) is 10.0 Å². The highest BCUT2D eigenvalue weighted by Crippen LogP contribution is 2.31. The van der Waals surface area contributed by atoms with E-state index in [1.807, 2.05) is 40.8 Å². The zero-order chi connectivity index (χ0) is 14.4. The van der Waals surface area contributed by atoms with E-state index >= 15 is 0 Å². The van der Waals surface area contributed by atoms with Crippen LogP contribution in [0.1, 0.15) is 0 Å². The summed E-state index contributed by atoms with van der Waals surface area (Å²) in [5.74, 6) is 0.712. The first-order valence-corrected chi connectivity index (χ1v) is 7.18. The number of nitrogens with zero attached hydrogens (tertiary/aromatic N) is 3. The predicted molar refractivity (Wildman–Crippen MR) is 85.9 cm³/mol. The summed E-state index contributed by atoms with van der Waals surface area (Å²) < 4.78 is 2.00. The van der Waals surface area contributed by atoms with Crippen molar-refractivity contribution in [3.8, 4) is 11.4 Å². The zero-order valence-corrected chi connectivity index (χ0v) is 12.3. The van der Waals surface area contributed by atoms with Crippen molar-refractivity contribution >= 4 is 39.8 Å². The summed E-state index contributed by atoms with van der Waals surface area (Å²) in [5.41, 5.74) is 2.64. The van der Waals surface area contributed by atoms with Crippen LogP contribution in [0.15, 0.2) is 54.6 Å². The lowest BCUT2D eigenvalue weighted by atomic mass is 10.2. The third-order valence-corrected chi connectivity index (χ3v) is 4.00. The molecule has 21 heavy (non-hydrogen) atoms. The van der Waals surface area contributed by atoms with E-state index in [0.29, 0.717) is 15.9 Å². The first kappa shape index (κ1) is 12.6. The van der Waals surface area contributed by atoms with Gasteiger partial charge >= 0.3 is 0 Å². The van der Waals surface area contributed by atoms with Crippen LogP contribution < -0.4 is 0 Å². The quantitative estimate of drug-likeness (QED) is 0.502. The molecule has 0 amide bonds. The van der Waals surface area contributed by atoms with Gasteiger partial charge in [-0.25, -0.2) is 0 Å². The molecule has 0 radical (unpaired) electrons. The van der Waals surface area contributed by atoms with Crippen molar-refractivity contribution in [2.75, 3.05) is 0 Å². The SMILES string of the molecule is Clc1ccc(-c2nnc3ccc4ccccc4n23)c(Cl)c1. The van der Waals surface area contributed by atoms with E-state index < -0.39 is 0 Å². The van der Waals surface area contributed by atoms with Gasteiger partial charge in [0.2, 0.25) is 0 Å². The molecule has 5 heteroatoms. The normalized spacial score (nSPS) is 11.3. The van der Waals surface area contributed by atoms with Crippen LogP contribution in [0.3, 0.4) is 0 Å². The van der Waals surface area contributed by atoms with Crippen LogP contribution in [-0.4, -0.2) is 14.6 Å². The summed E-state index contributed by atoms with van der Waals surface area (Å²) in [6, 6.07) is 17.5. The molecule has 0 aliphatic heterocycles. The van der Waals surface area contributed by atoms with Gasteiger partial charge in [0.25, 0.3) is 0 Å². The third-order valence-electron chi connectivity index (χ3n) is 3.45. The average Bonchev–Trinajstić information content (AvgIpc) is 2.91. The molecule has 2 aromatic heterocycles. The first-order valence-electron chi connectivity index (χ1n) is 6.42. The van der Waals surface area contributed by atoms with Crippen LogP contribution in [-0.2, 0) is 0 Å². The minimum atomic E-state index is 0.560. The molecule has 102 valence electrons. The Morgan fingerprint density at radius 2 is 1.71 bits per heavy atom. The molecule has 0 saturated heterocycles. The molecule has 0 bridgehead atoms. The minimum Gasteiger partial charge on any atom is -0.275 e. The molecule has 4 aromatic rings. The molecule has 0 N–H and O–H groups in total. The standard InChI is InChI=1S/C16H9Cl2N3/c17-11-6-7-12(13(18)9-11)16-20-19-15-8-5-10-3-1-2-4-14(10)21(15)16/h1-9H. The molecular formula is C16H9Cl2N3. The maximum atomic E-state index is 6.31. The Morgan fingerprint density at radius 3 is 2.57 bits per heavy atom. The number of hydrogen-bond acceptors (Lipinski definition) is 2. The van der Waals surface area contributed by atoms with Crippen molar-refractivity contribution in [1.29, 1.82) is 0 Å². The number of pyridine rings is 1. The highest BCUT2D eigenvalue weighted by atomic mass is 35.5. The molecule has 0 spiro atoms. The van der Waals surface area contributed by atoms with Crippen LogP contribution in [0, 0.1) is 0 Å². The van der Waals surface area contributed by atoms with Gasteiger partial charge in [0, 0.05) is 10.6 Å².